The van der Waals surface area contributed by atoms with Crippen LogP contribution in [-0.4, -0.2) is 21.5 Å². The predicted octanol–water partition coefficient (Wildman–Crippen LogP) is 6.16. The lowest BCUT2D eigenvalue weighted by Gasteiger charge is -2.13. The largest absolute Gasteiger partial charge is 0.573 e. The number of non-ortho nitro benzene ring substituents is 1. The second kappa shape index (κ2) is 8.71. The number of thiocarbonyl (C=S) groups is 1. The van der Waals surface area contributed by atoms with E-state index in [1.54, 1.807) is 0 Å². The van der Waals surface area contributed by atoms with Gasteiger partial charge < -0.3 is 9.15 Å². The van der Waals surface area contributed by atoms with Gasteiger partial charge in [-0.25, -0.2) is 0 Å². The van der Waals surface area contributed by atoms with Crippen LogP contribution >= 0.6 is 24.0 Å². The predicted molar refractivity (Wildman–Crippen MR) is 120 cm³/mol. The first-order valence-electron chi connectivity index (χ1n) is 9.10. The molecule has 0 spiro atoms. The van der Waals surface area contributed by atoms with Crippen LogP contribution in [0.25, 0.3) is 17.4 Å². The smallest absolute Gasteiger partial charge is 0.457 e. The molecule has 33 heavy (non-hydrogen) atoms. The summed E-state index contributed by atoms with van der Waals surface area (Å²) >= 11 is 6.22. The minimum Gasteiger partial charge on any atom is -0.457 e. The molecule has 3 aromatic rings. The Morgan fingerprint density at radius 1 is 1.12 bits per heavy atom. The van der Waals surface area contributed by atoms with Crippen molar-refractivity contribution in [3.05, 3.63) is 81.4 Å². The van der Waals surface area contributed by atoms with E-state index in [1.165, 1.54) is 60.7 Å². The van der Waals surface area contributed by atoms with Crippen molar-refractivity contribution in [2.45, 2.75) is 6.36 Å². The normalized spacial score (nSPS) is 15.4. The third kappa shape index (κ3) is 4.91. The zero-order valence-electron chi connectivity index (χ0n) is 16.2. The third-order valence-corrected chi connectivity index (χ3v) is 5.67. The molecule has 1 aliphatic rings. The van der Waals surface area contributed by atoms with Crippen LogP contribution in [0.1, 0.15) is 5.76 Å². The van der Waals surface area contributed by atoms with Gasteiger partial charge in [-0.2, -0.15) is 0 Å². The molecule has 1 saturated heterocycles. The van der Waals surface area contributed by atoms with Gasteiger partial charge in [0.2, 0.25) is 0 Å². The molecular formula is C21H11F3N2O5S2. The average Bonchev–Trinajstić information content (AvgIpc) is 3.31. The fourth-order valence-corrected chi connectivity index (χ4v) is 4.30. The number of rotatable bonds is 5. The number of benzene rings is 2. The van der Waals surface area contributed by atoms with E-state index in [2.05, 4.69) is 4.74 Å². The van der Waals surface area contributed by atoms with Crippen LogP contribution < -0.4 is 9.64 Å². The summed E-state index contributed by atoms with van der Waals surface area (Å²) in [6.07, 6.45) is -3.47. The second-order valence-corrected chi connectivity index (χ2v) is 8.22. The van der Waals surface area contributed by atoms with Crippen molar-refractivity contribution in [3.63, 3.8) is 0 Å². The fraction of sp³-hybridized carbons (Fsp3) is 0.0476. The molecule has 7 nitrogen and oxygen atoms in total. The molecule has 0 bridgehead atoms. The van der Waals surface area contributed by atoms with Crippen LogP contribution in [0.2, 0.25) is 0 Å². The summed E-state index contributed by atoms with van der Waals surface area (Å²) in [6.45, 7) is 0. The number of carbonyl (C=O) groups excluding carboxylic acids is 1. The molecular weight excluding hydrogens is 481 g/mol. The van der Waals surface area contributed by atoms with Crippen LogP contribution in [0.15, 0.2) is 70.0 Å². The van der Waals surface area contributed by atoms with Gasteiger partial charge in [0.15, 0.2) is 4.32 Å². The minimum absolute atomic E-state index is 0.0821. The number of alkyl halides is 3. The molecule has 0 atom stereocenters. The zero-order valence-corrected chi connectivity index (χ0v) is 17.9. The first-order valence-corrected chi connectivity index (χ1v) is 10.3. The zero-order chi connectivity index (χ0) is 23.8. The average molecular weight is 492 g/mol. The number of nitro groups is 1. The number of para-hydroxylation sites is 1. The molecule has 0 N–H and O–H groups in total. The molecule has 12 heteroatoms. The topological polar surface area (TPSA) is 85.8 Å². The first-order chi connectivity index (χ1) is 15.6. The third-order valence-electron chi connectivity index (χ3n) is 4.37. The van der Waals surface area contributed by atoms with E-state index in [9.17, 15) is 28.1 Å². The van der Waals surface area contributed by atoms with E-state index in [0.29, 0.717) is 0 Å². The summed E-state index contributed by atoms with van der Waals surface area (Å²) in [5.41, 5.74) is 0.132. The van der Waals surface area contributed by atoms with Crippen molar-refractivity contribution in [3.8, 4) is 17.1 Å². The molecule has 1 aromatic heterocycles. The van der Waals surface area contributed by atoms with E-state index in [-0.39, 0.29) is 37.7 Å². The Labute approximate surface area is 193 Å². The van der Waals surface area contributed by atoms with Crippen LogP contribution in [0.5, 0.6) is 5.75 Å². The highest BCUT2D eigenvalue weighted by molar-refractivity contribution is 8.27. The van der Waals surface area contributed by atoms with Crippen molar-refractivity contribution in [1.29, 1.82) is 0 Å². The summed E-state index contributed by atoms with van der Waals surface area (Å²) < 4.78 is 47.9. The van der Waals surface area contributed by atoms with Gasteiger partial charge in [-0.15, -0.1) is 13.2 Å². The van der Waals surface area contributed by atoms with Gasteiger partial charge in [-0.05, 0) is 30.3 Å². The summed E-state index contributed by atoms with van der Waals surface area (Å²) in [4.78, 5) is 24.7. The molecule has 0 aliphatic carbocycles. The van der Waals surface area contributed by atoms with Gasteiger partial charge in [0.1, 0.15) is 17.3 Å². The van der Waals surface area contributed by atoms with Crippen LogP contribution in [0.4, 0.5) is 24.5 Å². The number of carbonyl (C=O) groups is 1. The number of hydrogen-bond acceptors (Lipinski definition) is 7. The Balaban J connectivity index is 1.61. The maximum Gasteiger partial charge on any atom is 0.573 e. The van der Waals surface area contributed by atoms with Gasteiger partial charge in [0.05, 0.1) is 21.1 Å². The van der Waals surface area contributed by atoms with Crippen molar-refractivity contribution in [1.82, 2.24) is 0 Å². The lowest BCUT2D eigenvalue weighted by molar-refractivity contribution is -0.384. The summed E-state index contributed by atoms with van der Waals surface area (Å²) in [5.74, 6) is -0.631. The molecule has 0 unspecified atom stereocenters. The molecule has 1 amide bonds. The number of amides is 1. The van der Waals surface area contributed by atoms with Crippen LogP contribution in [-0.2, 0) is 4.79 Å². The molecule has 0 radical (unpaired) electrons. The van der Waals surface area contributed by atoms with Crippen LogP contribution in [0.3, 0.4) is 0 Å². The van der Waals surface area contributed by atoms with E-state index in [0.717, 1.165) is 22.7 Å². The maximum absolute atomic E-state index is 12.9. The highest BCUT2D eigenvalue weighted by atomic mass is 32.2. The molecule has 2 heterocycles. The number of ether oxygens (including phenoxy) is 1. The van der Waals surface area contributed by atoms with Gasteiger partial charge in [0.25, 0.3) is 11.6 Å². The molecule has 168 valence electrons. The van der Waals surface area contributed by atoms with Crippen molar-refractivity contribution in [2.24, 2.45) is 0 Å². The second-order valence-electron chi connectivity index (χ2n) is 6.54. The first kappa shape index (κ1) is 22.6. The molecule has 1 fully saturated rings. The maximum atomic E-state index is 12.9. The number of thioether (sulfide) groups is 1. The Morgan fingerprint density at radius 2 is 1.88 bits per heavy atom. The molecule has 2 aromatic carbocycles. The van der Waals surface area contributed by atoms with Crippen molar-refractivity contribution >= 4 is 51.7 Å². The molecule has 1 aliphatic heterocycles. The Morgan fingerprint density at radius 3 is 2.61 bits per heavy atom. The number of furan rings is 1. The van der Waals surface area contributed by atoms with Gasteiger partial charge >= 0.3 is 6.36 Å². The molecule has 0 saturated carbocycles. The highest BCUT2D eigenvalue weighted by Gasteiger charge is 2.35. The number of hydrogen-bond donors (Lipinski definition) is 0. The summed E-state index contributed by atoms with van der Waals surface area (Å²) in [6, 6.07) is 13.9. The van der Waals surface area contributed by atoms with Crippen LogP contribution in [0, 0.1) is 10.1 Å². The number of anilines is 1. The molecule has 4 rings (SSSR count). The van der Waals surface area contributed by atoms with Gasteiger partial charge in [-0.3, -0.25) is 19.8 Å². The van der Waals surface area contributed by atoms with E-state index < -0.39 is 22.9 Å². The fourth-order valence-electron chi connectivity index (χ4n) is 3.02. The summed E-state index contributed by atoms with van der Waals surface area (Å²) in [7, 11) is 0. The highest BCUT2D eigenvalue weighted by Crippen LogP contribution is 2.39. The quantitative estimate of drug-likeness (QED) is 0.183. The van der Waals surface area contributed by atoms with E-state index in [4.69, 9.17) is 16.6 Å². The Hall–Kier alpha value is -3.64. The number of nitrogens with zero attached hydrogens (tertiary/aromatic N) is 2. The van der Waals surface area contributed by atoms with E-state index >= 15 is 0 Å². The number of nitro benzene ring substituents is 1. The Kier molecular flexibility index (Phi) is 5.95. The van der Waals surface area contributed by atoms with E-state index in [1.807, 2.05) is 0 Å². The van der Waals surface area contributed by atoms with Gasteiger partial charge in [0, 0.05) is 18.2 Å². The number of halogens is 3. The SMILES string of the molecule is O=C1/C(=C\c2ccc(-c3ccccc3OC(F)(F)F)o2)SC(=S)N1c1cccc([N+](=O)[O-])c1. The van der Waals surface area contributed by atoms with Gasteiger partial charge in [-0.1, -0.05) is 42.2 Å². The summed E-state index contributed by atoms with van der Waals surface area (Å²) in [5, 5.41) is 11.0. The Bertz CT molecular complexity index is 1300. The standard InChI is InChI=1S/C21H11F3N2O5S2/c22-21(23,24)31-17-7-2-1-6-15(17)16-9-8-14(30-16)11-18-19(27)25(20(32)33-18)12-4-3-5-13(10-12)26(28)29/h1-11H/b18-11+. The minimum atomic E-state index is -4.87. The van der Waals surface area contributed by atoms with Crippen molar-refractivity contribution in [2.75, 3.05) is 4.90 Å². The van der Waals surface area contributed by atoms with Crippen molar-refractivity contribution < 1.29 is 32.0 Å². The lowest BCUT2D eigenvalue weighted by atomic mass is 10.1. The monoisotopic (exact) mass is 492 g/mol. The lowest BCUT2D eigenvalue weighted by Crippen LogP contribution is -2.27.